The highest BCUT2D eigenvalue weighted by Crippen LogP contribution is 2.29. The van der Waals surface area contributed by atoms with Crippen molar-refractivity contribution in [2.24, 2.45) is 5.92 Å². The van der Waals surface area contributed by atoms with Gasteiger partial charge in [0.1, 0.15) is 0 Å². The molecular formula is C13H13NO5. The van der Waals surface area contributed by atoms with Crippen molar-refractivity contribution in [3.05, 3.63) is 35.9 Å². The van der Waals surface area contributed by atoms with Gasteiger partial charge in [0.2, 0.25) is 5.91 Å². The topological polar surface area (TPSA) is 94.9 Å². The molecule has 0 aliphatic carbocycles. The minimum Gasteiger partial charge on any atom is -0.481 e. The second-order valence-electron chi connectivity index (χ2n) is 4.44. The summed E-state index contributed by atoms with van der Waals surface area (Å²) in [6, 6.07) is 7.20. The Balaban J connectivity index is 2.29. The molecule has 1 aromatic rings. The zero-order chi connectivity index (χ0) is 14.0. The smallest absolute Gasteiger partial charge is 0.331 e. The number of likely N-dealkylation sites (tertiary alicyclic amines) is 1. The Hall–Kier alpha value is -2.37. The Kier molecular flexibility index (Phi) is 3.50. The van der Waals surface area contributed by atoms with Gasteiger partial charge in [0.05, 0.1) is 5.92 Å². The molecule has 2 N–H and O–H groups in total. The number of nitrogens with zero attached hydrogens (tertiary/aromatic N) is 1. The quantitative estimate of drug-likeness (QED) is 0.835. The molecule has 1 amide bonds. The van der Waals surface area contributed by atoms with E-state index in [1.54, 1.807) is 30.3 Å². The second-order valence-corrected chi connectivity index (χ2v) is 4.44. The van der Waals surface area contributed by atoms with E-state index in [9.17, 15) is 19.5 Å². The van der Waals surface area contributed by atoms with Crippen LogP contribution in [0.15, 0.2) is 30.3 Å². The Labute approximate surface area is 109 Å². The number of aliphatic carboxylic acids is 2. The predicted octanol–water partition coefficient (Wildman–Crippen LogP) is 0.745. The maximum Gasteiger partial charge on any atom is 0.331 e. The minimum atomic E-state index is -1.16. The van der Waals surface area contributed by atoms with Gasteiger partial charge in [-0.05, 0) is 5.56 Å². The molecule has 6 nitrogen and oxygen atoms in total. The van der Waals surface area contributed by atoms with Gasteiger partial charge in [-0.3, -0.25) is 9.59 Å². The molecule has 6 heteroatoms. The number of carbonyl (C=O) groups is 3. The maximum absolute atomic E-state index is 11.8. The van der Waals surface area contributed by atoms with E-state index in [-0.39, 0.29) is 13.0 Å². The zero-order valence-corrected chi connectivity index (χ0v) is 10.0. The van der Waals surface area contributed by atoms with Gasteiger partial charge in [-0.25, -0.2) is 4.79 Å². The molecule has 0 spiro atoms. The largest absolute Gasteiger partial charge is 0.481 e. The molecule has 1 saturated heterocycles. The number of benzene rings is 1. The standard InChI is InChI=1S/C13H13NO5/c15-10-6-9(12(16)17)7-14(10)11(13(18)19)8-4-2-1-3-5-8/h1-5,9,11H,6-7H2,(H,16,17)(H,18,19). The number of rotatable bonds is 4. The zero-order valence-electron chi connectivity index (χ0n) is 10.0. The normalized spacial score (nSPS) is 20.3. The Morgan fingerprint density at radius 3 is 2.32 bits per heavy atom. The van der Waals surface area contributed by atoms with E-state index in [0.717, 1.165) is 4.90 Å². The van der Waals surface area contributed by atoms with Gasteiger partial charge in [0, 0.05) is 13.0 Å². The first-order chi connectivity index (χ1) is 9.00. The molecule has 0 bridgehead atoms. The van der Waals surface area contributed by atoms with E-state index < -0.39 is 29.8 Å². The van der Waals surface area contributed by atoms with Crippen LogP contribution in [-0.4, -0.2) is 39.5 Å². The lowest BCUT2D eigenvalue weighted by Gasteiger charge is -2.24. The monoisotopic (exact) mass is 263 g/mol. The van der Waals surface area contributed by atoms with E-state index in [1.165, 1.54) is 0 Å². The lowest BCUT2D eigenvalue weighted by atomic mass is 10.1. The van der Waals surface area contributed by atoms with Crippen LogP contribution in [0, 0.1) is 5.92 Å². The van der Waals surface area contributed by atoms with Crippen LogP contribution in [0.2, 0.25) is 0 Å². The molecule has 1 aliphatic rings. The predicted molar refractivity (Wildman–Crippen MR) is 64.3 cm³/mol. The molecule has 0 aromatic heterocycles. The van der Waals surface area contributed by atoms with Gasteiger partial charge in [-0.2, -0.15) is 0 Å². The highest BCUT2D eigenvalue weighted by molar-refractivity contribution is 5.90. The molecule has 19 heavy (non-hydrogen) atoms. The van der Waals surface area contributed by atoms with Crippen molar-refractivity contribution in [1.29, 1.82) is 0 Å². The molecule has 100 valence electrons. The maximum atomic E-state index is 11.8. The summed E-state index contributed by atoms with van der Waals surface area (Å²) in [5, 5.41) is 18.2. The van der Waals surface area contributed by atoms with Crippen LogP contribution < -0.4 is 0 Å². The molecule has 0 radical (unpaired) electrons. The number of carboxylic acid groups (broad SMARTS) is 2. The fourth-order valence-electron chi connectivity index (χ4n) is 2.24. The number of carboxylic acids is 2. The molecule has 1 heterocycles. The summed E-state index contributed by atoms with van der Waals surface area (Å²) < 4.78 is 0. The van der Waals surface area contributed by atoms with Gasteiger partial charge in [0.25, 0.3) is 0 Å². The summed E-state index contributed by atoms with van der Waals surface area (Å²) >= 11 is 0. The molecule has 1 fully saturated rings. The summed E-state index contributed by atoms with van der Waals surface area (Å²) in [5.74, 6) is -3.51. The van der Waals surface area contributed by atoms with E-state index in [1.807, 2.05) is 0 Å². The summed E-state index contributed by atoms with van der Waals surface area (Å²) in [7, 11) is 0. The molecular weight excluding hydrogens is 250 g/mol. The van der Waals surface area contributed by atoms with Crippen molar-refractivity contribution >= 4 is 17.8 Å². The first kappa shape index (κ1) is 13.1. The molecule has 2 rings (SSSR count). The van der Waals surface area contributed by atoms with Crippen LogP contribution in [0.5, 0.6) is 0 Å². The third-order valence-electron chi connectivity index (χ3n) is 3.17. The Morgan fingerprint density at radius 2 is 1.84 bits per heavy atom. The van der Waals surface area contributed by atoms with Crippen LogP contribution in [0.25, 0.3) is 0 Å². The molecule has 1 aromatic carbocycles. The van der Waals surface area contributed by atoms with Crippen LogP contribution in [0.3, 0.4) is 0 Å². The SMILES string of the molecule is O=C(O)C1CC(=O)N(C(C(=O)O)c2ccccc2)C1. The average Bonchev–Trinajstić information content (AvgIpc) is 2.73. The number of hydrogen-bond donors (Lipinski definition) is 2. The minimum absolute atomic E-state index is 0.0694. The van der Waals surface area contributed by atoms with E-state index >= 15 is 0 Å². The third-order valence-corrected chi connectivity index (χ3v) is 3.17. The molecule has 1 aliphatic heterocycles. The van der Waals surface area contributed by atoms with Crippen LogP contribution >= 0.6 is 0 Å². The third kappa shape index (κ3) is 2.57. The van der Waals surface area contributed by atoms with Crippen molar-refractivity contribution in [3.63, 3.8) is 0 Å². The summed E-state index contributed by atoms with van der Waals surface area (Å²) in [6.45, 7) is -0.0694. The first-order valence-corrected chi connectivity index (χ1v) is 5.80. The fourth-order valence-corrected chi connectivity index (χ4v) is 2.24. The summed E-state index contributed by atoms with van der Waals surface area (Å²) in [6.07, 6.45) is -0.147. The van der Waals surface area contributed by atoms with E-state index in [2.05, 4.69) is 0 Å². The van der Waals surface area contributed by atoms with Crippen molar-refractivity contribution in [2.75, 3.05) is 6.54 Å². The number of amides is 1. The second kappa shape index (κ2) is 5.09. The highest BCUT2D eigenvalue weighted by atomic mass is 16.4. The lowest BCUT2D eigenvalue weighted by molar-refractivity contribution is -0.149. The van der Waals surface area contributed by atoms with Crippen LogP contribution in [0.1, 0.15) is 18.0 Å². The Bertz CT molecular complexity index is 513. The number of carbonyl (C=O) groups excluding carboxylic acids is 1. The fraction of sp³-hybridized carbons (Fsp3) is 0.308. The van der Waals surface area contributed by atoms with Gasteiger partial charge in [0.15, 0.2) is 6.04 Å². The van der Waals surface area contributed by atoms with E-state index in [4.69, 9.17) is 5.11 Å². The first-order valence-electron chi connectivity index (χ1n) is 5.80. The summed E-state index contributed by atoms with van der Waals surface area (Å²) in [5.41, 5.74) is 0.467. The van der Waals surface area contributed by atoms with Gasteiger partial charge in [-0.15, -0.1) is 0 Å². The van der Waals surface area contributed by atoms with E-state index in [0.29, 0.717) is 5.56 Å². The lowest BCUT2D eigenvalue weighted by Crippen LogP contribution is -2.35. The molecule has 2 atom stereocenters. The number of hydrogen-bond acceptors (Lipinski definition) is 3. The summed E-state index contributed by atoms with van der Waals surface area (Å²) in [4.78, 5) is 35.2. The van der Waals surface area contributed by atoms with Gasteiger partial charge < -0.3 is 15.1 Å². The Morgan fingerprint density at radius 1 is 1.21 bits per heavy atom. The van der Waals surface area contributed by atoms with Gasteiger partial charge in [-0.1, -0.05) is 30.3 Å². The highest BCUT2D eigenvalue weighted by Gasteiger charge is 2.41. The van der Waals surface area contributed by atoms with Crippen molar-refractivity contribution in [2.45, 2.75) is 12.5 Å². The average molecular weight is 263 g/mol. The molecule has 0 saturated carbocycles. The van der Waals surface area contributed by atoms with Crippen LogP contribution in [-0.2, 0) is 14.4 Å². The van der Waals surface area contributed by atoms with Crippen LogP contribution in [0.4, 0.5) is 0 Å². The van der Waals surface area contributed by atoms with Gasteiger partial charge >= 0.3 is 11.9 Å². The van der Waals surface area contributed by atoms with Crippen molar-refractivity contribution in [1.82, 2.24) is 4.90 Å². The van der Waals surface area contributed by atoms with Crippen molar-refractivity contribution in [3.8, 4) is 0 Å². The molecule has 2 unspecified atom stereocenters. The van der Waals surface area contributed by atoms with Crippen molar-refractivity contribution < 1.29 is 24.6 Å².